The molecule has 1 unspecified atom stereocenters. The lowest BCUT2D eigenvalue weighted by Gasteiger charge is -2.18. The minimum Gasteiger partial charge on any atom is -0.368 e. The van der Waals surface area contributed by atoms with Gasteiger partial charge in [0.05, 0.1) is 12.7 Å². The van der Waals surface area contributed by atoms with Crippen LogP contribution in [0.4, 0.5) is 0 Å². The van der Waals surface area contributed by atoms with Gasteiger partial charge in [-0.2, -0.15) is 0 Å². The average molecular weight is 276 g/mol. The summed E-state index contributed by atoms with van der Waals surface area (Å²) in [5.41, 5.74) is 9.22. The normalized spacial score (nSPS) is 12.4. The second kappa shape index (κ2) is 6.71. The zero-order valence-electron chi connectivity index (χ0n) is 11.0. The van der Waals surface area contributed by atoms with Crippen LogP contribution in [-0.2, 0) is 11.3 Å². The Hall–Kier alpha value is -1.35. The molecule has 0 aliphatic carbocycles. The lowest BCUT2D eigenvalue weighted by atomic mass is 10.0. The molecule has 2 aromatic rings. The number of hydrogen-bond donors (Lipinski definition) is 1. The molecule has 0 fully saturated rings. The van der Waals surface area contributed by atoms with Crippen molar-refractivity contribution in [3.63, 3.8) is 0 Å². The molecule has 1 atom stereocenters. The van der Waals surface area contributed by atoms with Crippen LogP contribution in [0.25, 0.3) is 0 Å². The maximum absolute atomic E-state index is 5.96. The number of ether oxygens (including phenoxy) is 1. The standard InChI is InChI=1S/C16H18ClNO/c1-12-5-2-3-8-15(12)16(10-18)19-11-13-6-4-7-14(17)9-13/h2-9,16H,10-11,18H2,1H3. The SMILES string of the molecule is Cc1ccccc1C(CN)OCc1cccc(Cl)c1. The number of halogens is 1. The summed E-state index contributed by atoms with van der Waals surface area (Å²) in [5, 5.41) is 0.723. The molecule has 100 valence electrons. The van der Waals surface area contributed by atoms with Crippen molar-refractivity contribution in [1.29, 1.82) is 0 Å². The Kier molecular flexibility index (Phi) is 4.97. The van der Waals surface area contributed by atoms with E-state index in [-0.39, 0.29) is 6.10 Å². The fourth-order valence-electron chi connectivity index (χ4n) is 2.06. The molecule has 2 nitrogen and oxygen atoms in total. The lowest BCUT2D eigenvalue weighted by molar-refractivity contribution is 0.0452. The van der Waals surface area contributed by atoms with E-state index in [1.165, 1.54) is 5.56 Å². The Labute approximate surface area is 119 Å². The molecule has 0 heterocycles. The predicted molar refractivity (Wildman–Crippen MR) is 79.2 cm³/mol. The van der Waals surface area contributed by atoms with E-state index in [1.807, 2.05) is 36.4 Å². The number of aryl methyl sites for hydroxylation is 1. The van der Waals surface area contributed by atoms with Crippen LogP contribution in [0.15, 0.2) is 48.5 Å². The first-order chi connectivity index (χ1) is 9.20. The third-order valence-corrected chi connectivity index (χ3v) is 3.32. The summed E-state index contributed by atoms with van der Waals surface area (Å²) in [7, 11) is 0. The highest BCUT2D eigenvalue weighted by atomic mass is 35.5. The molecule has 0 amide bonds. The molecule has 19 heavy (non-hydrogen) atoms. The molecule has 0 aromatic heterocycles. The molecule has 0 spiro atoms. The summed E-state index contributed by atoms with van der Waals surface area (Å²) < 4.78 is 5.92. The van der Waals surface area contributed by atoms with E-state index in [0.717, 1.165) is 16.1 Å². The van der Waals surface area contributed by atoms with E-state index in [1.54, 1.807) is 0 Å². The average Bonchev–Trinajstić information content (AvgIpc) is 2.41. The fraction of sp³-hybridized carbons (Fsp3) is 0.250. The Morgan fingerprint density at radius 2 is 1.95 bits per heavy atom. The predicted octanol–water partition coefficient (Wildman–Crippen LogP) is 3.87. The summed E-state index contributed by atoms with van der Waals surface area (Å²) in [6.07, 6.45) is -0.0832. The molecule has 0 saturated heterocycles. The highest BCUT2D eigenvalue weighted by molar-refractivity contribution is 6.30. The Morgan fingerprint density at radius 3 is 2.63 bits per heavy atom. The lowest BCUT2D eigenvalue weighted by Crippen LogP contribution is -2.16. The minimum atomic E-state index is -0.0832. The summed E-state index contributed by atoms with van der Waals surface area (Å²) in [5.74, 6) is 0. The van der Waals surface area contributed by atoms with Crippen LogP contribution < -0.4 is 5.73 Å². The van der Waals surface area contributed by atoms with Gasteiger partial charge in [0.15, 0.2) is 0 Å². The Bertz CT molecular complexity index is 542. The van der Waals surface area contributed by atoms with Gasteiger partial charge < -0.3 is 10.5 Å². The van der Waals surface area contributed by atoms with Crippen LogP contribution in [-0.4, -0.2) is 6.54 Å². The minimum absolute atomic E-state index is 0.0832. The van der Waals surface area contributed by atoms with Gasteiger partial charge in [0.2, 0.25) is 0 Å². The molecule has 0 saturated carbocycles. The van der Waals surface area contributed by atoms with E-state index in [2.05, 4.69) is 19.1 Å². The van der Waals surface area contributed by atoms with Gasteiger partial charge in [-0.25, -0.2) is 0 Å². The molecule has 2 rings (SSSR count). The van der Waals surface area contributed by atoms with Crippen molar-refractivity contribution in [1.82, 2.24) is 0 Å². The maximum Gasteiger partial charge on any atom is 0.0954 e. The second-order valence-electron chi connectivity index (χ2n) is 4.52. The quantitative estimate of drug-likeness (QED) is 0.899. The van der Waals surface area contributed by atoms with Crippen molar-refractivity contribution in [2.24, 2.45) is 5.73 Å². The molecule has 0 radical (unpaired) electrons. The number of benzene rings is 2. The monoisotopic (exact) mass is 275 g/mol. The van der Waals surface area contributed by atoms with Gasteiger partial charge in [-0.05, 0) is 35.7 Å². The molecule has 2 aromatic carbocycles. The third-order valence-electron chi connectivity index (χ3n) is 3.09. The van der Waals surface area contributed by atoms with Crippen LogP contribution in [0.2, 0.25) is 5.02 Å². The number of hydrogen-bond acceptors (Lipinski definition) is 2. The van der Waals surface area contributed by atoms with E-state index in [9.17, 15) is 0 Å². The zero-order chi connectivity index (χ0) is 13.7. The first kappa shape index (κ1) is 14.1. The molecule has 2 N–H and O–H groups in total. The Balaban J connectivity index is 2.06. The molecule has 0 bridgehead atoms. The van der Waals surface area contributed by atoms with Crippen molar-refractivity contribution in [2.45, 2.75) is 19.6 Å². The summed E-state index contributed by atoms with van der Waals surface area (Å²) in [4.78, 5) is 0. The molecule has 0 aliphatic heterocycles. The van der Waals surface area contributed by atoms with E-state index < -0.39 is 0 Å². The van der Waals surface area contributed by atoms with Crippen molar-refractivity contribution in [3.8, 4) is 0 Å². The molecule has 0 aliphatic rings. The van der Waals surface area contributed by atoms with Crippen molar-refractivity contribution in [3.05, 3.63) is 70.2 Å². The smallest absolute Gasteiger partial charge is 0.0954 e. The summed E-state index contributed by atoms with van der Waals surface area (Å²) >= 11 is 5.96. The molecular formula is C16H18ClNO. The number of nitrogens with two attached hydrogens (primary N) is 1. The Morgan fingerprint density at radius 1 is 1.16 bits per heavy atom. The zero-order valence-corrected chi connectivity index (χ0v) is 11.7. The number of rotatable bonds is 5. The van der Waals surface area contributed by atoms with E-state index >= 15 is 0 Å². The first-order valence-corrected chi connectivity index (χ1v) is 6.70. The van der Waals surface area contributed by atoms with Crippen LogP contribution in [0.1, 0.15) is 22.8 Å². The van der Waals surface area contributed by atoms with Crippen molar-refractivity contribution >= 4 is 11.6 Å². The van der Waals surface area contributed by atoms with Crippen LogP contribution in [0.5, 0.6) is 0 Å². The van der Waals surface area contributed by atoms with Gasteiger partial charge in [0.1, 0.15) is 0 Å². The maximum atomic E-state index is 5.96. The molecular weight excluding hydrogens is 258 g/mol. The summed E-state index contributed by atoms with van der Waals surface area (Å²) in [6.45, 7) is 3.04. The van der Waals surface area contributed by atoms with Crippen LogP contribution in [0, 0.1) is 6.92 Å². The van der Waals surface area contributed by atoms with Crippen molar-refractivity contribution < 1.29 is 4.74 Å². The van der Waals surface area contributed by atoms with Crippen LogP contribution >= 0.6 is 11.6 Å². The van der Waals surface area contributed by atoms with Gasteiger partial charge >= 0.3 is 0 Å². The van der Waals surface area contributed by atoms with Gasteiger partial charge in [-0.15, -0.1) is 0 Å². The van der Waals surface area contributed by atoms with Gasteiger partial charge in [0.25, 0.3) is 0 Å². The van der Waals surface area contributed by atoms with Gasteiger partial charge in [-0.3, -0.25) is 0 Å². The fourth-order valence-corrected chi connectivity index (χ4v) is 2.27. The first-order valence-electron chi connectivity index (χ1n) is 6.32. The highest BCUT2D eigenvalue weighted by Crippen LogP contribution is 2.22. The van der Waals surface area contributed by atoms with Crippen LogP contribution in [0.3, 0.4) is 0 Å². The highest BCUT2D eigenvalue weighted by Gasteiger charge is 2.12. The third kappa shape index (κ3) is 3.80. The largest absolute Gasteiger partial charge is 0.368 e. The summed E-state index contributed by atoms with van der Waals surface area (Å²) in [6, 6.07) is 15.8. The topological polar surface area (TPSA) is 35.2 Å². The van der Waals surface area contributed by atoms with Gasteiger partial charge in [-0.1, -0.05) is 48.0 Å². The second-order valence-corrected chi connectivity index (χ2v) is 4.96. The molecule has 3 heteroatoms. The van der Waals surface area contributed by atoms with Gasteiger partial charge in [0, 0.05) is 11.6 Å². The van der Waals surface area contributed by atoms with E-state index in [0.29, 0.717) is 13.2 Å². The van der Waals surface area contributed by atoms with E-state index in [4.69, 9.17) is 22.1 Å². The van der Waals surface area contributed by atoms with Crippen molar-refractivity contribution in [2.75, 3.05) is 6.54 Å².